The Morgan fingerprint density at radius 3 is 1.98 bits per heavy atom. The largest absolute Gasteiger partial charge is 0.372 e. The van der Waals surface area contributed by atoms with Gasteiger partial charge in [0.25, 0.3) is 0 Å². The van der Waals surface area contributed by atoms with Crippen molar-refractivity contribution in [1.82, 2.24) is 14.5 Å². The van der Waals surface area contributed by atoms with Gasteiger partial charge >= 0.3 is 0 Å². The third kappa shape index (κ3) is 4.75. The minimum Gasteiger partial charge on any atom is -0.372 e. The molecule has 0 unspecified atom stereocenters. The van der Waals surface area contributed by atoms with Gasteiger partial charge in [0.2, 0.25) is 0 Å². The molecular formula is C43H28N4O. The van der Waals surface area contributed by atoms with E-state index in [1.54, 1.807) is 12.4 Å². The van der Waals surface area contributed by atoms with Crippen molar-refractivity contribution in [3.8, 4) is 50.2 Å². The summed E-state index contributed by atoms with van der Waals surface area (Å²) < 4.78 is 8.58. The molecule has 0 bridgehead atoms. The molecule has 0 spiro atoms. The van der Waals surface area contributed by atoms with Crippen molar-refractivity contribution < 1.29 is 4.74 Å². The summed E-state index contributed by atoms with van der Waals surface area (Å²) in [6, 6.07) is 42.6. The van der Waals surface area contributed by atoms with E-state index in [0.29, 0.717) is 18.9 Å². The maximum atomic E-state index is 7.56. The second-order valence-corrected chi connectivity index (χ2v) is 12.2. The quantitative estimate of drug-likeness (QED) is 0.185. The molecule has 0 saturated carbocycles. The summed E-state index contributed by atoms with van der Waals surface area (Å²) in [5.74, 6) is 0. The smallest absolute Gasteiger partial charge is 0.188 e. The Kier molecular flexibility index (Phi) is 6.67. The monoisotopic (exact) mass is 616 g/mol. The molecule has 8 aromatic rings. The normalized spacial score (nSPS) is 12.3. The lowest BCUT2D eigenvalue weighted by Gasteiger charge is -2.15. The second-order valence-electron chi connectivity index (χ2n) is 12.2. The van der Waals surface area contributed by atoms with Gasteiger partial charge < -0.3 is 9.30 Å². The summed E-state index contributed by atoms with van der Waals surface area (Å²) in [5.41, 5.74) is 15.2. The first-order chi connectivity index (χ1) is 23.7. The molecule has 0 fully saturated rings. The van der Waals surface area contributed by atoms with Crippen LogP contribution >= 0.6 is 0 Å². The molecule has 1 aliphatic heterocycles. The van der Waals surface area contributed by atoms with Crippen LogP contribution in [0.4, 0.5) is 5.69 Å². The molecule has 0 saturated heterocycles. The van der Waals surface area contributed by atoms with Crippen molar-refractivity contribution >= 4 is 27.5 Å². The first kappa shape index (κ1) is 27.9. The highest BCUT2D eigenvalue weighted by Gasteiger charge is 2.19. The van der Waals surface area contributed by atoms with Crippen molar-refractivity contribution in [2.45, 2.75) is 13.2 Å². The van der Waals surface area contributed by atoms with Gasteiger partial charge in [-0.05, 0) is 117 Å². The van der Waals surface area contributed by atoms with Crippen LogP contribution in [0.3, 0.4) is 0 Å². The Morgan fingerprint density at radius 1 is 0.542 bits per heavy atom. The van der Waals surface area contributed by atoms with Gasteiger partial charge in [0.05, 0.1) is 30.8 Å². The molecule has 0 atom stereocenters. The van der Waals surface area contributed by atoms with E-state index in [4.69, 9.17) is 11.3 Å². The molecule has 226 valence electrons. The highest BCUT2D eigenvalue weighted by Crippen LogP contribution is 2.40. The zero-order valence-electron chi connectivity index (χ0n) is 26.0. The van der Waals surface area contributed by atoms with E-state index in [9.17, 15) is 0 Å². The number of rotatable bonds is 4. The van der Waals surface area contributed by atoms with E-state index in [2.05, 4.69) is 116 Å². The maximum absolute atomic E-state index is 7.56. The number of ether oxygens (including phenoxy) is 1. The Morgan fingerprint density at radius 2 is 1.25 bits per heavy atom. The Balaban J connectivity index is 1.18. The summed E-state index contributed by atoms with van der Waals surface area (Å²) >= 11 is 0. The average molecular weight is 617 g/mol. The van der Waals surface area contributed by atoms with E-state index in [0.717, 1.165) is 66.4 Å². The van der Waals surface area contributed by atoms with Crippen LogP contribution < -0.4 is 0 Å². The zero-order valence-corrected chi connectivity index (χ0v) is 26.0. The fraction of sp³-hybridized carbons (Fsp3) is 0.0465. The standard InChI is InChI=1S/C43H28N4O/c1-44-36-12-15-43-41(22-36)39-8-2-3-9-42(39)47(43)37-13-10-31-26-48-27-35-18-28(11-14-38(35)40(31)23-37)32-19-33(29-6-4-16-45-24-29)21-34(20-32)30-7-5-17-46-25-30/h2-25H,26-27H2. The molecule has 48 heavy (non-hydrogen) atoms. The molecule has 5 heteroatoms. The van der Waals surface area contributed by atoms with Gasteiger partial charge in [-0.2, -0.15) is 0 Å². The van der Waals surface area contributed by atoms with Crippen LogP contribution in [0.2, 0.25) is 0 Å². The van der Waals surface area contributed by atoms with Crippen molar-refractivity contribution in [2.75, 3.05) is 0 Å². The third-order valence-electron chi connectivity index (χ3n) is 9.30. The van der Waals surface area contributed by atoms with Crippen LogP contribution in [-0.2, 0) is 18.0 Å². The van der Waals surface area contributed by atoms with Crippen LogP contribution in [0.15, 0.2) is 146 Å². The summed E-state index contributed by atoms with van der Waals surface area (Å²) in [7, 11) is 0. The first-order valence-corrected chi connectivity index (χ1v) is 15.9. The predicted octanol–water partition coefficient (Wildman–Crippen LogP) is 10.8. The highest BCUT2D eigenvalue weighted by molar-refractivity contribution is 6.10. The molecule has 3 aromatic heterocycles. The van der Waals surface area contributed by atoms with E-state index in [1.165, 1.54) is 16.7 Å². The predicted molar refractivity (Wildman–Crippen MR) is 193 cm³/mol. The summed E-state index contributed by atoms with van der Waals surface area (Å²) in [6.07, 6.45) is 7.43. The van der Waals surface area contributed by atoms with Gasteiger partial charge in [0, 0.05) is 47.0 Å². The summed E-state index contributed by atoms with van der Waals surface area (Å²) in [5, 5.41) is 2.22. The van der Waals surface area contributed by atoms with Gasteiger partial charge in [-0.3, -0.25) is 9.97 Å². The molecule has 5 aromatic carbocycles. The summed E-state index contributed by atoms with van der Waals surface area (Å²) in [6.45, 7) is 8.64. The number of hydrogen-bond acceptors (Lipinski definition) is 3. The van der Waals surface area contributed by atoms with Crippen LogP contribution in [-0.4, -0.2) is 14.5 Å². The molecule has 1 aliphatic rings. The molecule has 0 amide bonds. The zero-order chi connectivity index (χ0) is 32.0. The number of benzene rings is 5. The van der Waals surface area contributed by atoms with Crippen LogP contribution in [0.1, 0.15) is 11.1 Å². The second kappa shape index (κ2) is 11.5. The molecule has 5 nitrogen and oxygen atoms in total. The first-order valence-electron chi connectivity index (χ1n) is 15.9. The fourth-order valence-corrected chi connectivity index (χ4v) is 7.01. The number of fused-ring (bicyclic) bond motifs is 6. The molecule has 9 rings (SSSR count). The Bertz CT molecular complexity index is 2490. The Labute approximate surface area is 278 Å². The van der Waals surface area contributed by atoms with Gasteiger partial charge in [0.15, 0.2) is 5.69 Å². The molecule has 0 radical (unpaired) electrons. The number of pyridine rings is 2. The van der Waals surface area contributed by atoms with Crippen LogP contribution in [0, 0.1) is 6.57 Å². The minimum absolute atomic E-state index is 0.528. The number of hydrogen-bond donors (Lipinski definition) is 0. The fourth-order valence-electron chi connectivity index (χ4n) is 7.01. The lowest BCUT2D eigenvalue weighted by Crippen LogP contribution is -1.97. The van der Waals surface area contributed by atoms with Crippen molar-refractivity contribution in [3.63, 3.8) is 0 Å². The van der Waals surface area contributed by atoms with E-state index in [1.807, 2.05) is 36.7 Å². The van der Waals surface area contributed by atoms with E-state index < -0.39 is 0 Å². The molecule has 0 N–H and O–H groups in total. The Hall–Kier alpha value is -6.35. The van der Waals surface area contributed by atoms with E-state index in [-0.39, 0.29) is 0 Å². The maximum Gasteiger partial charge on any atom is 0.188 e. The van der Waals surface area contributed by atoms with Crippen molar-refractivity contribution in [3.05, 3.63) is 169 Å². The minimum atomic E-state index is 0.528. The summed E-state index contributed by atoms with van der Waals surface area (Å²) in [4.78, 5) is 12.5. The van der Waals surface area contributed by atoms with Gasteiger partial charge in [-0.15, -0.1) is 0 Å². The van der Waals surface area contributed by atoms with Crippen LogP contribution in [0.25, 0.3) is 76.8 Å². The van der Waals surface area contributed by atoms with Gasteiger partial charge in [-0.25, -0.2) is 4.85 Å². The lowest BCUT2D eigenvalue weighted by atomic mass is 9.90. The SMILES string of the molecule is [C-]#[N+]c1ccc2c(c1)c1ccccc1n2-c1ccc2c(c1)-c1ccc(-c3cc(-c4cccnc4)cc(-c4cccnc4)c3)cc1COC2. The lowest BCUT2D eigenvalue weighted by molar-refractivity contribution is 0.110. The third-order valence-corrected chi connectivity index (χ3v) is 9.30. The number of para-hydroxylation sites is 1. The van der Waals surface area contributed by atoms with Crippen LogP contribution in [0.5, 0.6) is 0 Å². The van der Waals surface area contributed by atoms with Gasteiger partial charge in [0.1, 0.15) is 0 Å². The molecular weight excluding hydrogens is 589 g/mol. The molecule has 4 heterocycles. The molecule has 0 aliphatic carbocycles. The highest BCUT2D eigenvalue weighted by atomic mass is 16.5. The van der Waals surface area contributed by atoms with Crippen molar-refractivity contribution in [1.29, 1.82) is 0 Å². The van der Waals surface area contributed by atoms with Crippen molar-refractivity contribution in [2.24, 2.45) is 0 Å². The number of aromatic nitrogens is 3. The van der Waals surface area contributed by atoms with E-state index >= 15 is 0 Å². The average Bonchev–Trinajstić information content (AvgIpc) is 3.37. The van der Waals surface area contributed by atoms with Gasteiger partial charge in [-0.1, -0.05) is 54.6 Å². The topological polar surface area (TPSA) is 44.3 Å². The number of nitrogens with zero attached hydrogens (tertiary/aromatic N) is 4.